The number of hydrogen-bond donors (Lipinski definition) is 2. The van der Waals surface area contributed by atoms with Gasteiger partial charge in [0.1, 0.15) is 18.6 Å². The molecule has 19 heavy (non-hydrogen) atoms. The third-order valence-electron chi connectivity index (χ3n) is 2.51. The van der Waals surface area contributed by atoms with Crippen LogP contribution < -0.4 is 11.3 Å². The van der Waals surface area contributed by atoms with Gasteiger partial charge in [-0.15, -0.1) is 0 Å². The van der Waals surface area contributed by atoms with E-state index in [0.717, 1.165) is 10.0 Å². The van der Waals surface area contributed by atoms with E-state index in [4.69, 9.17) is 15.0 Å². The Morgan fingerprint density at radius 3 is 2.89 bits per heavy atom. The van der Waals surface area contributed by atoms with E-state index in [9.17, 15) is 4.79 Å². The zero-order chi connectivity index (χ0) is 13.7. The van der Waals surface area contributed by atoms with Crippen molar-refractivity contribution in [2.24, 2.45) is 5.84 Å². The van der Waals surface area contributed by atoms with Gasteiger partial charge in [0.2, 0.25) is 0 Å². The van der Waals surface area contributed by atoms with E-state index in [1.165, 1.54) is 6.26 Å². The fourth-order valence-electron chi connectivity index (χ4n) is 1.54. The summed E-state index contributed by atoms with van der Waals surface area (Å²) in [5, 5.41) is 0. The van der Waals surface area contributed by atoms with Gasteiger partial charge in [-0.2, -0.15) is 0 Å². The highest BCUT2D eigenvalue weighted by Gasteiger charge is 2.08. The van der Waals surface area contributed by atoms with Crippen molar-refractivity contribution in [2.75, 3.05) is 0 Å². The maximum absolute atomic E-state index is 11.2. The summed E-state index contributed by atoms with van der Waals surface area (Å²) in [5.74, 6) is 5.21. The number of ether oxygens (including phenoxy) is 1. The van der Waals surface area contributed by atoms with Gasteiger partial charge in [-0.05, 0) is 17.7 Å². The maximum atomic E-state index is 11.2. The molecule has 2 aromatic rings. The zero-order valence-corrected chi connectivity index (χ0v) is 11.6. The molecule has 0 unspecified atom stereocenters. The number of benzene rings is 1. The second-order valence-electron chi connectivity index (χ2n) is 3.86. The Hall–Kier alpha value is -1.63. The van der Waals surface area contributed by atoms with Crippen molar-refractivity contribution in [2.45, 2.75) is 13.2 Å². The van der Waals surface area contributed by atoms with E-state index < -0.39 is 0 Å². The predicted octanol–water partition coefficient (Wildman–Crippen LogP) is 2.36. The lowest BCUT2D eigenvalue weighted by atomic mass is 10.2. The highest BCUT2D eigenvalue weighted by molar-refractivity contribution is 9.10. The number of carbonyl (C=O) groups is 1. The SMILES string of the molecule is NNC(=O)c1coc(COCc2ccccc2Br)c1. The van der Waals surface area contributed by atoms with Gasteiger partial charge in [0, 0.05) is 4.47 Å². The van der Waals surface area contributed by atoms with Crippen LogP contribution in [-0.4, -0.2) is 5.91 Å². The first-order valence-corrected chi connectivity index (χ1v) is 6.39. The van der Waals surface area contributed by atoms with Crippen molar-refractivity contribution in [1.82, 2.24) is 5.43 Å². The molecule has 1 amide bonds. The number of halogens is 1. The van der Waals surface area contributed by atoms with E-state index >= 15 is 0 Å². The average Bonchev–Trinajstić information content (AvgIpc) is 2.89. The van der Waals surface area contributed by atoms with E-state index in [-0.39, 0.29) is 5.91 Å². The van der Waals surface area contributed by atoms with Gasteiger partial charge < -0.3 is 9.15 Å². The molecule has 1 aromatic carbocycles. The van der Waals surface area contributed by atoms with Gasteiger partial charge in [-0.25, -0.2) is 5.84 Å². The zero-order valence-electron chi connectivity index (χ0n) is 10.1. The summed E-state index contributed by atoms with van der Waals surface area (Å²) in [6.07, 6.45) is 1.35. The molecule has 3 N–H and O–H groups in total. The molecule has 100 valence electrons. The Morgan fingerprint density at radius 2 is 2.16 bits per heavy atom. The lowest BCUT2D eigenvalue weighted by molar-refractivity contribution is 0.0925. The summed E-state index contributed by atoms with van der Waals surface area (Å²) in [7, 11) is 0. The topological polar surface area (TPSA) is 77.5 Å². The molecule has 5 nitrogen and oxygen atoms in total. The van der Waals surface area contributed by atoms with Crippen molar-refractivity contribution < 1.29 is 13.9 Å². The van der Waals surface area contributed by atoms with Crippen LogP contribution >= 0.6 is 15.9 Å². The Kier molecular flexibility index (Phi) is 4.73. The molecule has 0 aliphatic heterocycles. The molecule has 2 rings (SSSR count). The molecule has 0 aliphatic carbocycles. The van der Waals surface area contributed by atoms with E-state index in [0.29, 0.717) is 24.5 Å². The molecule has 0 saturated carbocycles. The molecular weight excluding hydrogens is 312 g/mol. The minimum Gasteiger partial charge on any atom is -0.466 e. The normalized spacial score (nSPS) is 10.4. The molecule has 0 fully saturated rings. The van der Waals surface area contributed by atoms with Crippen LogP contribution in [0.15, 0.2) is 45.5 Å². The summed E-state index contributed by atoms with van der Waals surface area (Å²) in [5.41, 5.74) is 3.46. The third-order valence-corrected chi connectivity index (χ3v) is 3.28. The largest absolute Gasteiger partial charge is 0.466 e. The number of nitrogens with one attached hydrogen (secondary N) is 1. The van der Waals surface area contributed by atoms with Crippen LogP contribution in [-0.2, 0) is 18.0 Å². The van der Waals surface area contributed by atoms with Gasteiger partial charge in [-0.3, -0.25) is 10.2 Å². The fourth-order valence-corrected chi connectivity index (χ4v) is 1.94. The number of nitrogen functional groups attached to an aromatic ring is 1. The van der Waals surface area contributed by atoms with Crippen molar-refractivity contribution in [3.8, 4) is 0 Å². The van der Waals surface area contributed by atoms with Gasteiger partial charge >= 0.3 is 0 Å². The van der Waals surface area contributed by atoms with Gasteiger partial charge in [0.05, 0.1) is 12.2 Å². The number of nitrogens with two attached hydrogens (primary N) is 1. The minimum atomic E-state index is -0.388. The highest BCUT2D eigenvalue weighted by Crippen LogP contribution is 2.17. The van der Waals surface area contributed by atoms with E-state index in [1.54, 1.807) is 6.07 Å². The molecule has 0 saturated heterocycles. The highest BCUT2D eigenvalue weighted by atomic mass is 79.9. The van der Waals surface area contributed by atoms with Crippen LogP contribution in [0.3, 0.4) is 0 Å². The van der Waals surface area contributed by atoms with Crippen molar-refractivity contribution in [1.29, 1.82) is 0 Å². The molecular formula is C13H13BrN2O3. The van der Waals surface area contributed by atoms with Crippen molar-refractivity contribution in [3.63, 3.8) is 0 Å². The number of amides is 1. The maximum Gasteiger partial charge on any atom is 0.268 e. The van der Waals surface area contributed by atoms with Gasteiger partial charge in [0.25, 0.3) is 5.91 Å². The molecule has 0 bridgehead atoms. The molecule has 0 atom stereocenters. The van der Waals surface area contributed by atoms with E-state index in [2.05, 4.69) is 15.9 Å². The second kappa shape index (κ2) is 6.51. The molecule has 1 heterocycles. The predicted molar refractivity (Wildman–Crippen MR) is 73.0 cm³/mol. The van der Waals surface area contributed by atoms with Gasteiger partial charge in [-0.1, -0.05) is 34.1 Å². The minimum absolute atomic E-state index is 0.291. The quantitative estimate of drug-likeness (QED) is 0.503. The summed E-state index contributed by atoms with van der Waals surface area (Å²) in [4.78, 5) is 11.2. The lowest BCUT2D eigenvalue weighted by Crippen LogP contribution is -2.29. The summed E-state index contributed by atoms with van der Waals surface area (Å²) < 4.78 is 11.7. The van der Waals surface area contributed by atoms with Crippen LogP contribution in [0.25, 0.3) is 0 Å². The monoisotopic (exact) mass is 324 g/mol. The molecule has 6 heteroatoms. The average molecular weight is 325 g/mol. The summed E-state index contributed by atoms with van der Waals surface area (Å²) in [6, 6.07) is 9.41. The number of furan rings is 1. The number of hydrazine groups is 1. The molecule has 0 spiro atoms. The molecule has 0 radical (unpaired) electrons. The summed E-state index contributed by atoms with van der Waals surface area (Å²) in [6.45, 7) is 0.750. The second-order valence-corrected chi connectivity index (χ2v) is 4.71. The Labute approximate surface area is 118 Å². The fraction of sp³-hybridized carbons (Fsp3) is 0.154. The van der Waals surface area contributed by atoms with Crippen LogP contribution in [0.4, 0.5) is 0 Å². The number of rotatable bonds is 5. The Balaban J connectivity index is 1.88. The Morgan fingerprint density at radius 1 is 1.37 bits per heavy atom. The van der Waals surface area contributed by atoms with Gasteiger partial charge in [0.15, 0.2) is 0 Å². The van der Waals surface area contributed by atoms with Crippen LogP contribution in [0.2, 0.25) is 0 Å². The lowest BCUT2D eigenvalue weighted by Gasteiger charge is -2.04. The van der Waals surface area contributed by atoms with Crippen molar-refractivity contribution in [3.05, 3.63) is 58.0 Å². The third kappa shape index (κ3) is 3.66. The van der Waals surface area contributed by atoms with Crippen LogP contribution in [0.1, 0.15) is 21.7 Å². The van der Waals surface area contributed by atoms with Crippen LogP contribution in [0, 0.1) is 0 Å². The number of carbonyl (C=O) groups excluding carboxylic acids is 1. The Bertz CT molecular complexity index is 569. The number of hydrogen-bond acceptors (Lipinski definition) is 4. The molecule has 1 aromatic heterocycles. The first-order valence-electron chi connectivity index (χ1n) is 5.60. The summed E-state index contributed by atoms with van der Waals surface area (Å²) >= 11 is 3.44. The smallest absolute Gasteiger partial charge is 0.268 e. The first-order chi connectivity index (χ1) is 9.20. The van der Waals surface area contributed by atoms with Crippen LogP contribution in [0.5, 0.6) is 0 Å². The van der Waals surface area contributed by atoms with E-state index in [1.807, 2.05) is 29.7 Å². The van der Waals surface area contributed by atoms with Crippen molar-refractivity contribution >= 4 is 21.8 Å². The molecule has 0 aliphatic rings. The standard InChI is InChI=1S/C13H13BrN2O3/c14-12-4-2-1-3-9(12)6-18-8-11-5-10(7-19-11)13(17)16-15/h1-5,7H,6,8,15H2,(H,16,17). The first kappa shape index (κ1) is 13.8.